The van der Waals surface area contributed by atoms with E-state index in [1.807, 2.05) is 6.92 Å². The van der Waals surface area contributed by atoms with Gasteiger partial charge in [0.1, 0.15) is 0 Å². The fraction of sp³-hybridized carbons (Fsp3) is 0.800. The third kappa shape index (κ3) is 19.3. The lowest BCUT2D eigenvalue weighted by Gasteiger charge is -2.28. The molecule has 5 heteroatoms. The number of carbonyl (C=O) groups excluding carboxylic acids is 2. The van der Waals surface area contributed by atoms with Crippen LogP contribution in [0.3, 0.4) is 0 Å². The van der Waals surface area contributed by atoms with Crippen LogP contribution in [0.2, 0.25) is 0 Å². The van der Waals surface area contributed by atoms with Crippen molar-refractivity contribution in [2.75, 3.05) is 33.4 Å². The zero-order valence-corrected chi connectivity index (χ0v) is 23.0. The van der Waals surface area contributed by atoms with Crippen molar-refractivity contribution < 1.29 is 19.1 Å². The summed E-state index contributed by atoms with van der Waals surface area (Å²) in [7, 11) is 2.12. The Morgan fingerprint density at radius 1 is 0.829 bits per heavy atom. The molecule has 1 saturated heterocycles. The fourth-order valence-electron chi connectivity index (χ4n) is 4.23. The second-order valence-corrected chi connectivity index (χ2v) is 10.4. The van der Waals surface area contributed by atoms with Gasteiger partial charge in [-0.15, -0.1) is 0 Å². The molecule has 5 nitrogen and oxygen atoms in total. The Labute approximate surface area is 215 Å². The molecule has 0 aromatic heterocycles. The summed E-state index contributed by atoms with van der Waals surface area (Å²) in [5, 5.41) is 0. The summed E-state index contributed by atoms with van der Waals surface area (Å²) < 4.78 is 10.8. The Hall–Kier alpha value is -1.62. The van der Waals surface area contributed by atoms with Gasteiger partial charge in [-0.25, -0.2) is 0 Å². The van der Waals surface area contributed by atoms with E-state index in [9.17, 15) is 9.59 Å². The molecule has 0 bridgehead atoms. The van der Waals surface area contributed by atoms with Crippen LogP contribution in [0.15, 0.2) is 24.3 Å². The van der Waals surface area contributed by atoms with Crippen molar-refractivity contribution in [3.8, 4) is 0 Å². The number of hydrogen-bond acceptors (Lipinski definition) is 5. The van der Waals surface area contributed by atoms with E-state index >= 15 is 0 Å². The van der Waals surface area contributed by atoms with Crippen LogP contribution >= 0.6 is 0 Å². The van der Waals surface area contributed by atoms with E-state index in [0.717, 1.165) is 51.6 Å². The number of rotatable bonds is 20. The van der Waals surface area contributed by atoms with Crippen molar-refractivity contribution in [2.24, 2.45) is 11.8 Å². The average molecular weight is 492 g/mol. The highest BCUT2D eigenvalue weighted by atomic mass is 16.5. The SMILES string of the molecule is CCCCC/C=C\C/C=C\CCCCCCCC(=O)OCC(C)COC(=O)CC1CCN(C)CC1. The zero-order chi connectivity index (χ0) is 25.6. The van der Waals surface area contributed by atoms with Crippen molar-refractivity contribution in [3.63, 3.8) is 0 Å². The third-order valence-corrected chi connectivity index (χ3v) is 6.68. The third-order valence-electron chi connectivity index (χ3n) is 6.68. The van der Waals surface area contributed by atoms with Crippen LogP contribution in [0, 0.1) is 11.8 Å². The molecular formula is C30H53NO4. The predicted octanol–water partition coefficient (Wildman–Crippen LogP) is 7.25. The lowest BCUT2D eigenvalue weighted by atomic mass is 9.94. The summed E-state index contributed by atoms with van der Waals surface area (Å²) in [5.74, 6) is 0.212. The molecule has 0 aromatic rings. The number of ether oxygens (including phenoxy) is 2. The highest BCUT2D eigenvalue weighted by molar-refractivity contribution is 5.70. The van der Waals surface area contributed by atoms with E-state index in [2.05, 4.69) is 43.2 Å². The molecule has 202 valence electrons. The molecule has 1 aliphatic heterocycles. The second-order valence-electron chi connectivity index (χ2n) is 10.4. The molecule has 1 unspecified atom stereocenters. The molecule has 1 rings (SSSR count). The van der Waals surface area contributed by atoms with Crippen LogP contribution in [0.25, 0.3) is 0 Å². The predicted molar refractivity (Wildman–Crippen MR) is 145 cm³/mol. The summed E-state index contributed by atoms with van der Waals surface area (Å²) >= 11 is 0. The van der Waals surface area contributed by atoms with Gasteiger partial charge in [-0.2, -0.15) is 0 Å². The number of esters is 2. The first kappa shape index (κ1) is 31.4. The van der Waals surface area contributed by atoms with Crippen molar-refractivity contribution in [3.05, 3.63) is 24.3 Å². The number of likely N-dealkylation sites (tertiary alicyclic amines) is 1. The van der Waals surface area contributed by atoms with E-state index < -0.39 is 0 Å². The van der Waals surface area contributed by atoms with Gasteiger partial charge in [-0.05, 0) is 77.4 Å². The Bertz CT molecular complexity index is 593. The molecule has 1 heterocycles. The molecule has 35 heavy (non-hydrogen) atoms. The molecule has 0 amide bonds. The van der Waals surface area contributed by atoms with E-state index in [4.69, 9.17) is 9.47 Å². The number of unbranched alkanes of at least 4 members (excludes halogenated alkanes) is 8. The minimum Gasteiger partial charge on any atom is -0.465 e. The van der Waals surface area contributed by atoms with E-state index in [0.29, 0.717) is 32.0 Å². The normalized spacial score (nSPS) is 16.2. The average Bonchev–Trinajstić information content (AvgIpc) is 2.85. The lowest BCUT2D eigenvalue weighted by Crippen LogP contribution is -2.31. The summed E-state index contributed by atoms with van der Waals surface area (Å²) in [4.78, 5) is 26.3. The van der Waals surface area contributed by atoms with Gasteiger partial charge in [0.2, 0.25) is 0 Å². The first-order chi connectivity index (χ1) is 17.0. The van der Waals surface area contributed by atoms with Crippen molar-refractivity contribution in [1.29, 1.82) is 0 Å². The molecule has 0 aliphatic carbocycles. The Morgan fingerprint density at radius 2 is 1.40 bits per heavy atom. The maximum absolute atomic E-state index is 12.1. The Kier molecular flexibility index (Phi) is 19.4. The molecular weight excluding hydrogens is 438 g/mol. The van der Waals surface area contributed by atoms with Gasteiger partial charge in [-0.3, -0.25) is 9.59 Å². The van der Waals surface area contributed by atoms with Crippen LogP contribution < -0.4 is 0 Å². The van der Waals surface area contributed by atoms with Crippen LogP contribution in [0.1, 0.15) is 110 Å². The van der Waals surface area contributed by atoms with Gasteiger partial charge >= 0.3 is 11.9 Å². The highest BCUT2D eigenvalue weighted by Crippen LogP contribution is 2.20. The molecule has 0 spiro atoms. The quantitative estimate of drug-likeness (QED) is 0.102. The molecule has 0 saturated carbocycles. The number of hydrogen-bond donors (Lipinski definition) is 0. The highest BCUT2D eigenvalue weighted by Gasteiger charge is 2.20. The first-order valence-corrected chi connectivity index (χ1v) is 14.3. The monoisotopic (exact) mass is 491 g/mol. The topological polar surface area (TPSA) is 55.8 Å². The minimum atomic E-state index is -0.139. The van der Waals surface area contributed by atoms with E-state index in [-0.39, 0.29) is 17.9 Å². The lowest BCUT2D eigenvalue weighted by molar-refractivity contribution is -0.149. The van der Waals surface area contributed by atoms with Crippen molar-refractivity contribution in [2.45, 2.75) is 110 Å². The summed E-state index contributed by atoms with van der Waals surface area (Å²) in [5.41, 5.74) is 0. The largest absolute Gasteiger partial charge is 0.465 e. The van der Waals surface area contributed by atoms with Crippen LogP contribution in [0.5, 0.6) is 0 Å². The number of piperidine rings is 1. The van der Waals surface area contributed by atoms with E-state index in [1.165, 1.54) is 44.9 Å². The van der Waals surface area contributed by atoms with E-state index in [1.54, 1.807) is 0 Å². The number of nitrogens with zero attached hydrogens (tertiary/aromatic N) is 1. The van der Waals surface area contributed by atoms with Gasteiger partial charge < -0.3 is 14.4 Å². The zero-order valence-electron chi connectivity index (χ0n) is 23.0. The van der Waals surface area contributed by atoms with Crippen LogP contribution in [-0.2, 0) is 19.1 Å². The number of allylic oxidation sites excluding steroid dienone is 4. The summed E-state index contributed by atoms with van der Waals surface area (Å²) in [6.07, 6.45) is 25.1. The Morgan fingerprint density at radius 3 is 2.06 bits per heavy atom. The molecule has 0 N–H and O–H groups in total. The minimum absolute atomic E-state index is 0.0324. The maximum atomic E-state index is 12.1. The van der Waals surface area contributed by atoms with Gasteiger partial charge in [0, 0.05) is 18.8 Å². The van der Waals surface area contributed by atoms with Gasteiger partial charge in [0.05, 0.1) is 13.2 Å². The van der Waals surface area contributed by atoms with Gasteiger partial charge in [0.25, 0.3) is 0 Å². The molecule has 1 atom stereocenters. The molecule has 1 aliphatic rings. The second kappa shape index (κ2) is 21.6. The standard InChI is InChI=1S/C30H53NO4/c1-4-5-6-7-8-9-10-11-12-13-14-15-16-17-18-19-29(32)34-25-27(2)26-35-30(33)24-28-20-22-31(3)23-21-28/h8-9,11-12,27-28H,4-7,10,13-26H2,1-3H3/b9-8-,12-11-. The first-order valence-electron chi connectivity index (χ1n) is 14.3. The molecule has 0 radical (unpaired) electrons. The van der Waals surface area contributed by atoms with Crippen LogP contribution in [0.4, 0.5) is 0 Å². The Balaban J connectivity index is 1.90. The summed E-state index contributed by atoms with van der Waals surface area (Å²) in [6, 6.07) is 0. The fourth-order valence-corrected chi connectivity index (χ4v) is 4.23. The maximum Gasteiger partial charge on any atom is 0.306 e. The molecule has 1 fully saturated rings. The van der Waals surface area contributed by atoms with Crippen LogP contribution in [-0.4, -0.2) is 50.2 Å². The van der Waals surface area contributed by atoms with Crippen molar-refractivity contribution >= 4 is 11.9 Å². The van der Waals surface area contributed by atoms with Crippen molar-refractivity contribution in [1.82, 2.24) is 4.90 Å². The van der Waals surface area contributed by atoms with Gasteiger partial charge in [-0.1, -0.05) is 70.3 Å². The summed E-state index contributed by atoms with van der Waals surface area (Å²) in [6.45, 7) is 6.94. The molecule has 0 aromatic carbocycles. The number of carbonyl (C=O) groups is 2. The smallest absolute Gasteiger partial charge is 0.306 e. The van der Waals surface area contributed by atoms with Gasteiger partial charge in [0.15, 0.2) is 0 Å².